The molecule has 0 radical (unpaired) electrons. The van der Waals surface area contributed by atoms with Gasteiger partial charge in [-0.25, -0.2) is 4.98 Å². The van der Waals surface area contributed by atoms with E-state index >= 15 is 0 Å². The lowest BCUT2D eigenvalue weighted by Gasteiger charge is -2.10. The van der Waals surface area contributed by atoms with E-state index in [2.05, 4.69) is 15.6 Å². The molecule has 120 valence electrons. The maximum absolute atomic E-state index is 11.6. The third kappa shape index (κ3) is 4.26. The molecular weight excluding hydrogens is 296 g/mol. The molecule has 2 N–H and O–H groups in total. The second kappa shape index (κ2) is 6.87. The summed E-state index contributed by atoms with van der Waals surface area (Å²) in [4.78, 5) is 25.9. The highest BCUT2D eigenvalue weighted by molar-refractivity contribution is 5.92. The number of carbonyl (C=O) groups excluding carboxylic acids is 1. The van der Waals surface area contributed by atoms with Gasteiger partial charge in [-0.05, 0) is 36.8 Å². The first kappa shape index (κ1) is 16.4. The first-order valence-electron chi connectivity index (χ1n) is 7.16. The molecular formula is C16H18N4O3. The van der Waals surface area contributed by atoms with Gasteiger partial charge in [0.15, 0.2) is 0 Å². The van der Waals surface area contributed by atoms with Gasteiger partial charge in [0.1, 0.15) is 12.0 Å². The zero-order chi connectivity index (χ0) is 17.0. The Morgan fingerprint density at radius 2 is 1.83 bits per heavy atom. The summed E-state index contributed by atoms with van der Waals surface area (Å²) in [7, 11) is 0. The van der Waals surface area contributed by atoms with E-state index in [0.717, 1.165) is 5.69 Å². The number of hydrogen-bond acceptors (Lipinski definition) is 5. The molecule has 0 fully saturated rings. The molecule has 0 aliphatic carbocycles. The van der Waals surface area contributed by atoms with Crippen LogP contribution in [-0.4, -0.2) is 15.8 Å². The number of amides is 1. The minimum Gasteiger partial charge on any atom is -0.340 e. The zero-order valence-electron chi connectivity index (χ0n) is 13.2. The number of hydrogen-bond donors (Lipinski definition) is 2. The Kier molecular flexibility index (Phi) is 4.90. The minimum absolute atomic E-state index is 0.0419. The van der Waals surface area contributed by atoms with Crippen LogP contribution < -0.4 is 10.6 Å². The normalized spacial score (nSPS) is 10.4. The average molecular weight is 314 g/mol. The number of nitrogens with zero attached hydrogens (tertiary/aromatic N) is 2. The molecule has 2 rings (SSSR count). The van der Waals surface area contributed by atoms with Crippen LogP contribution >= 0.6 is 0 Å². The number of anilines is 3. The molecule has 0 aliphatic rings. The molecule has 0 saturated carbocycles. The molecule has 2 aromatic rings. The molecule has 1 aromatic heterocycles. The lowest BCUT2D eigenvalue weighted by molar-refractivity contribution is -0.385. The third-order valence-corrected chi connectivity index (χ3v) is 3.21. The lowest BCUT2D eigenvalue weighted by atomic mass is 10.2. The van der Waals surface area contributed by atoms with Crippen LogP contribution in [-0.2, 0) is 4.79 Å². The SMILES string of the molecule is Cc1cc([N+](=O)[O-])cnc1Nc1ccc(NC(=O)C(C)C)cc1. The van der Waals surface area contributed by atoms with Crippen molar-refractivity contribution in [2.24, 2.45) is 5.92 Å². The Bertz CT molecular complexity index is 727. The Labute approximate surface area is 133 Å². The number of aryl methyl sites for hydroxylation is 1. The smallest absolute Gasteiger partial charge is 0.287 e. The Hall–Kier alpha value is -2.96. The Morgan fingerprint density at radius 3 is 2.35 bits per heavy atom. The van der Waals surface area contributed by atoms with Crippen LogP contribution in [0.3, 0.4) is 0 Å². The number of nitro groups is 1. The van der Waals surface area contributed by atoms with Gasteiger partial charge in [0, 0.05) is 23.4 Å². The minimum atomic E-state index is -0.476. The fourth-order valence-corrected chi connectivity index (χ4v) is 1.85. The second-order valence-corrected chi connectivity index (χ2v) is 5.46. The van der Waals surface area contributed by atoms with Crippen LogP contribution in [0.15, 0.2) is 36.5 Å². The Balaban J connectivity index is 2.09. The highest BCUT2D eigenvalue weighted by Gasteiger charge is 2.10. The van der Waals surface area contributed by atoms with Crippen LogP contribution in [0, 0.1) is 23.0 Å². The van der Waals surface area contributed by atoms with Crippen molar-refractivity contribution in [2.45, 2.75) is 20.8 Å². The molecule has 7 nitrogen and oxygen atoms in total. The summed E-state index contributed by atoms with van der Waals surface area (Å²) >= 11 is 0. The molecule has 0 saturated heterocycles. The fourth-order valence-electron chi connectivity index (χ4n) is 1.85. The van der Waals surface area contributed by atoms with Crippen molar-refractivity contribution in [3.63, 3.8) is 0 Å². The van der Waals surface area contributed by atoms with Crippen molar-refractivity contribution < 1.29 is 9.72 Å². The van der Waals surface area contributed by atoms with E-state index in [0.29, 0.717) is 17.1 Å². The zero-order valence-corrected chi connectivity index (χ0v) is 13.2. The summed E-state index contributed by atoms with van der Waals surface area (Å²) < 4.78 is 0. The lowest BCUT2D eigenvalue weighted by Crippen LogP contribution is -2.17. The summed E-state index contributed by atoms with van der Waals surface area (Å²) in [6.45, 7) is 5.40. The summed E-state index contributed by atoms with van der Waals surface area (Å²) in [5, 5.41) is 16.6. The van der Waals surface area contributed by atoms with Crippen molar-refractivity contribution in [1.82, 2.24) is 4.98 Å². The quantitative estimate of drug-likeness (QED) is 0.648. The van der Waals surface area contributed by atoms with Crippen molar-refractivity contribution in [1.29, 1.82) is 0 Å². The monoisotopic (exact) mass is 314 g/mol. The van der Waals surface area contributed by atoms with Crippen molar-refractivity contribution in [3.05, 3.63) is 52.2 Å². The molecule has 1 heterocycles. The van der Waals surface area contributed by atoms with Gasteiger partial charge >= 0.3 is 0 Å². The van der Waals surface area contributed by atoms with Crippen LogP contribution in [0.2, 0.25) is 0 Å². The molecule has 0 aliphatic heterocycles. The summed E-state index contributed by atoms with van der Waals surface area (Å²) in [5.41, 5.74) is 2.12. The summed E-state index contributed by atoms with van der Waals surface area (Å²) in [5.74, 6) is 0.424. The van der Waals surface area contributed by atoms with Gasteiger partial charge in [-0.1, -0.05) is 13.8 Å². The Morgan fingerprint density at radius 1 is 1.22 bits per heavy atom. The molecule has 23 heavy (non-hydrogen) atoms. The van der Waals surface area contributed by atoms with E-state index < -0.39 is 4.92 Å². The van der Waals surface area contributed by atoms with Crippen molar-refractivity contribution in [3.8, 4) is 0 Å². The number of pyridine rings is 1. The predicted octanol–water partition coefficient (Wildman–Crippen LogP) is 3.64. The number of benzene rings is 1. The van der Waals surface area contributed by atoms with Crippen LogP contribution in [0.4, 0.5) is 22.9 Å². The second-order valence-electron chi connectivity index (χ2n) is 5.46. The molecule has 1 aromatic carbocycles. The van der Waals surface area contributed by atoms with Gasteiger partial charge in [-0.3, -0.25) is 14.9 Å². The molecule has 0 spiro atoms. The van der Waals surface area contributed by atoms with E-state index in [1.165, 1.54) is 12.3 Å². The average Bonchev–Trinajstić information content (AvgIpc) is 2.50. The van der Waals surface area contributed by atoms with E-state index in [4.69, 9.17) is 0 Å². The molecule has 0 bridgehead atoms. The van der Waals surface area contributed by atoms with E-state index in [1.54, 1.807) is 31.2 Å². The van der Waals surface area contributed by atoms with Gasteiger partial charge in [-0.2, -0.15) is 0 Å². The molecule has 0 atom stereocenters. The maximum Gasteiger partial charge on any atom is 0.287 e. The van der Waals surface area contributed by atoms with Crippen LogP contribution in [0.5, 0.6) is 0 Å². The van der Waals surface area contributed by atoms with Crippen LogP contribution in [0.25, 0.3) is 0 Å². The van der Waals surface area contributed by atoms with E-state index in [-0.39, 0.29) is 17.5 Å². The van der Waals surface area contributed by atoms with Gasteiger partial charge < -0.3 is 10.6 Å². The number of aromatic nitrogens is 1. The van der Waals surface area contributed by atoms with E-state index in [9.17, 15) is 14.9 Å². The predicted molar refractivity (Wildman–Crippen MR) is 88.8 cm³/mol. The maximum atomic E-state index is 11.6. The molecule has 0 unspecified atom stereocenters. The first-order valence-corrected chi connectivity index (χ1v) is 7.16. The number of rotatable bonds is 5. The number of carbonyl (C=O) groups is 1. The summed E-state index contributed by atoms with van der Waals surface area (Å²) in [6.07, 6.45) is 1.21. The molecule has 1 amide bonds. The van der Waals surface area contributed by atoms with Gasteiger partial charge in [0.25, 0.3) is 5.69 Å². The van der Waals surface area contributed by atoms with Crippen molar-refractivity contribution >= 4 is 28.8 Å². The highest BCUT2D eigenvalue weighted by atomic mass is 16.6. The first-order chi connectivity index (χ1) is 10.9. The largest absolute Gasteiger partial charge is 0.340 e. The topological polar surface area (TPSA) is 97.2 Å². The molecule has 7 heteroatoms. The highest BCUT2D eigenvalue weighted by Crippen LogP contribution is 2.23. The van der Waals surface area contributed by atoms with Gasteiger partial charge in [0.05, 0.1) is 4.92 Å². The van der Waals surface area contributed by atoms with Gasteiger partial charge in [0.2, 0.25) is 5.91 Å². The van der Waals surface area contributed by atoms with Crippen LogP contribution in [0.1, 0.15) is 19.4 Å². The fraction of sp³-hybridized carbons (Fsp3) is 0.250. The standard InChI is InChI=1S/C16H18N4O3/c1-10(2)16(21)19-13-6-4-12(5-7-13)18-15-11(3)8-14(9-17-15)20(22)23/h4-10H,1-3H3,(H,17,18)(H,19,21). The van der Waals surface area contributed by atoms with Crippen molar-refractivity contribution in [2.75, 3.05) is 10.6 Å². The van der Waals surface area contributed by atoms with Gasteiger partial charge in [-0.15, -0.1) is 0 Å². The third-order valence-electron chi connectivity index (χ3n) is 3.21. The number of nitrogens with one attached hydrogen (secondary N) is 2. The summed E-state index contributed by atoms with van der Waals surface area (Å²) in [6, 6.07) is 8.64. The van der Waals surface area contributed by atoms with E-state index in [1.807, 2.05) is 13.8 Å².